The highest BCUT2D eigenvalue weighted by molar-refractivity contribution is 6.02. The zero-order chi connectivity index (χ0) is 24.4. The van der Waals surface area contributed by atoms with Gasteiger partial charge in [-0.05, 0) is 60.4 Å². The summed E-state index contributed by atoms with van der Waals surface area (Å²) in [5.74, 6) is -0.211. The molecule has 0 fully saturated rings. The van der Waals surface area contributed by atoms with E-state index in [-0.39, 0.29) is 17.8 Å². The molecule has 0 aliphatic carbocycles. The second-order valence-electron chi connectivity index (χ2n) is 9.15. The Bertz CT molecular complexity index is 1340. The fourth-order valence-electron chi connectivity index (χ4n) is 5.25. The Morgan fingerprint density at radius 2 is 1.63 bits per heavy atom. The molecule has 0 radical (unpaired) electrons. The maximum absolute atomic E-state index is 13.8. The predicted octanol–water partition coefficient (Wildman–Crippen LogP) is 6.74. The van der Waals surface area contributed by atoms with Crippen LogP contribution in [0.15, 0.2) is 72.8 Å². The maximum Gasteiger partial charge on any atom is 0.255 e. The smallest absolute Gasteiger partial charge is 0.255 e. The zero-order valence-electron chi connectivity index (χ0n) is 20.3. The second-order valence-corrected chi connectivity index (χ2v) is 9.15. The molecular weight excluding hydrogens is 439 g/mol. The Morgan fingerprint density at radius 1 is 0.914 bits per heavy atom. The molecule has 0 saturated carbocycles. The van der Waals surface area contributed by atoms with E-state index in [1.54, 1.807) is 0 Å². The molecule has 1 aliphatic heterocycles. The molecule has 35 heavy (non-hydrogen) atoms. The highest BCUT2D eigenvalue weighted by atomic mass is 19.1. The first kappa shape index (κ1) is 23.3. The molecule has 5 rings (SSSR count). The van der Waals surface area contributed by atoms with Gasteiger partial charge in [0, 0.05) is 48.8 Å². The monoisotopic (exact) mass is 470 g/mol. The lowest BCUT2D eigenvalue weighted by molar-refractivity contribution is 0.0709. The van der Waals surface area contributed by atoms with Crippen LogP contribution in [0.4, 0.5) is 4.39 Å². The molecule has 0 saturated heterocycles. The third kappa shape index (κ3) is 4.25. The fraction of sp³-hybridized carbons (Fsp3) is 0.300. The summed E-state index contributed by atoms with van der Waals surface area (Å²) in [6.45, 7) is 4.15. The normalized spacial score (nSPS) is 15.2. The number of nitrogens with zero attached hydrogens (tertiary/aromatic N) is 2. The zero-order valence-corrected chi connectivity index (χ0v) is 20.3. The number of rotatable bonds is 9. The van der Waals surface area contributed by atoms with E-state index in [0.29, 0.717) is 13.2 Å². The van der Waals surface area contributed by atoms with Crippen molar-refractivity contribution in [2.45, 2.75) is 32.2 Å². The number of amides is 1. The van der Waals surface area contributed by atoms with Gasteiger partial charge in [-0.15, -0.1) is 0 Å². The van der Waals surface area contributed by atoms with Crippen LogP contribution < -0.4 is 0 Å². The van der Waals surface area contributed by atoms with E-state index in [1.807, 2.05) is 54.4 Å². The summed E-state index contributed by atoms with van der Waals surface area (Å²) in [6, 6.07) is 22.6. The summed E-state index contributed by atoms with van der Waals surface area (Å²) in [7, 11) is 2.04. The largest absolute Gasteiger partial charge is 0.381 e. The van der Waals surface area contributed by atoms with Crippen LogP contribution in [0.2, 0.25) is 0 Å². The molecule has 0 N–H and O–H groups in total. The van der Waals surface area contributed by atoms with E-state index >= 15 is 0 Å². The molecule has 4 nitrogen and oxygen atoms in total. The van der Waals surface area contributed by atoms with E-state index in [9.17, 15) is 9.18 Å². The summed E-state index contributed by atoms with van der Waals surface area (Å²) in [5.41, 5.74) is 5.87. The molecule has 1 amide bonds. The molecule has 3 aromatic carbocycles. The van der Waals surface area contributed by atoms with Gasteiger partial charge >= 0.3 is 0 Å². The second kappa shape index (κ2) is 10.0. The molecule has 1 aliphatic rings. The summed E-state index contributed by atoms with van der Waals surface area (Å²) in [4.78, 5) is 15.6. The van der Waals surface area contributed by atoms with Crippen LogP contribution in [-0.2, 0) is 11.8 Å². The number of aromatic nitrogens is 1. The molecule has 180 valence electrons. The minimum Gasteiger partial charge on any atom is -0.381 e. The van der Waals surface area contributed by atoms with Crippen molar-refractivity contribution in [3.63, 3.8) is 0 Å². The SMILES string of the molecule is CCCCOCCCN1C(=O)c2ccccc2[C@H]1c1c(-c2ccc(F)cc2)n(C)c2ccccc12. The Balaban J connectivity index is 1.62. The quantitative estimate of drug-likeness (QED) is 0.254. The lowest BCUT2D eigenvalue weighted by Crippen LogP contribution is -2.30. The Labute approximate surface area is 205 Å². The average Bonchev–Trinajstić information content (AvgIpc) is 3.33. The van der Waals surface area contributed by atoms with Crippen LogP contribution in [-0.4, -0.2) is 35.1 Å². The minimum atomic E-state index is -0.264. The average molecular weight is 471 g/mol. The van der Waals surface area contributed by atoms with Crippen molar-refractivity contribution in [3.05, 3.63) is 95.3 Å². The standard InChI is InChI=1S/C30H31FN2O2/c1-3-4-19-35-20-9-18-33-29(23-10-5-6-11-24(23)30(33)34)27-25-12-7-8-13-26(25)32(2)28(27)21-14-16-22(31)17-15-21/h5-8,10-17,29H,3-4,9,18-20H2,1-2H3/t29-/m0/s1. The van der Waals surface area contributed by atoms with Crippen LogP contribution in [0.1, 0.15) is 53.7 Å². The lowest BCUT2D eigenvalue weighted by atomic mass is 9.93. The molecule has 1 aromatic heterocycles. The molecule has 1 atom stereocenters. The van der Waals surface area contributed by atoms with Gasteiger partial charge in [0.2, 0.25) is 0 Å². The van der Waals surface area contributed by atoms with Crippen LogP contribution >= 0.6 is 0 Å². The Hall–Kier alpha value is -3.44. The van der Waals surface area contributed by atoms with Crippen molar-refractivity contribution in [2.75, 3.05) is 19.8 Å². The Kier molecular flexibility index (Phi) is 6.69. The van der Waals surface area contributed by atoms with Crippen LogP contribution in [0.3, 0.4) is 0 Å². The number of benzene rings is 3. The number of para-hydroxylation sites is 1. The highest BCUT2D eigenvalue weighted by Gasteiger charge is 2.40. The van der Waals surface area contributed by atoms with Crippen molar-refractivity contribution in [3.8, 4) is 11.3 Å². The molecule has 0 unspecified atom stereocenters. The van der Waals surface area contributed by atoms with E-state index < -0.39 is 0 Å². The number of unbranched alkanes of at least 4 members (excludes halogenated alkanes) is 1. The van der Waals surface area contributed by atoms with E-state index in [0.717, 1.165) is 64.7 Å². The molecule has 5 heteroatoms. The van der Waals surface area contributed by atoms with Gasteiger partial charge in [0.25, 0.3) is 5.91 Å². The van der Waals surface area contributed by atoms with Gasteiger partial charge < -0.3 is 14.2 Å². The summed E-state index contributed by atoms with van der Waals surface area (Å²) in [6.07, 6.45) is 2.93. The summed E-state index contributed by atoms with van der Waals surface area (Å²) in [5, 5.41) is 1.10. The van der Waals surface area contributed by atoms with Crippen molar-refractivity contribution in [1.82, 2.24) is 9.47 Å². The predicted molar refractivity (Wildman–Crippen MR) is 138 cm³/mol. The van der Waals surface area contributed by atoms with Crippen LogP contribution in [0.25, 0.3) is 22.2 Å². The van der Waals surface area contributed by atoms with Gasteiger partial charge in [-0.1, -0.05) is 49.7 Å². The van der Waals surface area contributed by atoms with Gasteiger partial charge in [-0.2, -0.15) is 0 Å². The van der Waals surface area contributed by atoms with Gasteiger partial charge in [0.05, 0.1) is 11.7 Å². The topological polar surface area (TPSA) is 34.5 Å². The van der Waals surface area contributed by atoms with Crippen molar-refractivity contribution >= 4 is 16.8 Å². The molecular formula is C30H31FN2O2. The van der Waals surface area contributed by atoms with Gasteiger partial charge in [0.1, 0.15) is 5.82 Å². The van der Waals surface area contributed by atoms with Crippen molar-refractivity contribution in [2.24, 2.45) is 7.05 Å². The number of fused-ring (bicyclic) bond motifs is 2. The molecule has 0 bridgehead atoms. The number of carbonyl (C=O) groups excluding carboxylic acids is 1. The van der Waals surface area contributed by atoms with Crippen LogP contribution in [0.5, 0.6) is 0 Å². The summed E-state index contributed by atoms with van der Waals surface area (Å²) < 4.78 is 21.7. The van der Waals surface area contributed by atoms with Gasteiger partial charge in [-0.25, -0.2) is 4.39 Å². The van der Waals surface area contributed by atoms with Gasteiger partial charge in [0.15, 0.2) is 0 Å². The van der Waals surface area contributed by atoms with Gasteiger partial charge in [-0.3, -0.25) is 4.79 Å². The number of halogens is 1. The summed E-state index contributed by atoms with van der Waals surface area (Å²) >= 11 is 0. The van der Waals surface area contributed by atoms with E-state index in [2.05, 4.69) is 29.7 Å². The number of hydrogen-bond acceptors (Lipinski definition) is 2. The highest BCUT2D eigenvalue weighted by Crippen LogP contribution is 2.46. The first-order valence-corrected chi connectivity index (χ1v) is 12.4. The number of aryl methyl sites for hydroxylation is 1. The van der Waals surface area contributed by atoms with Crippen molar-refractivity contribution < 1.29 is 13.9 Å². The third-order valence-electron chi connectivity index (χ3n) is 6.93. The molecule has 2 heterocycles. The first-order valence-electron chi connectivity index (χ1n) is 12.4. The fourth-order valence-corrected chi connectivity index (χ4v) is 5.25. The van der Waals surface area contributed by atoms with E-state index in [4.69, 9.17) is 4.74 Å². The number of ether oxygens (including phenoxy) is 1. The molecule has 0 spiro atoms. The minimum absolute atomic E-state index is 0.0529. The maximum atomic E-state index is 13.8. The van der Waals surface area contributed by atoms with Crippen LogP contribution in [0, 0.1) is 5.82 Å². The molecule has 4 aromatic rings. The third-order valence-corrected chi connectivity index (χ3v) is 6.93. The number of hydrogen-bond donors (Lipinski definition) is 0. The number of carbonyl (C=O) groups is 1. The lowest BCUT2D eigenvalue weighted by Gasteiger charge is -2.27. The first-order chi connectivity index (χ1) is 17.1. The van der Waals surface area contributed by atoms with E-state index in [1.165, 1.54) is 12.1 Å². The Morgan fingerprint density at radius 3 is 2.43 bits per heavy atom. The van der Waals surface area contributed by atoms with Crippen molar-refractivity contribution in [1.29, 1.82) is 0 Å².